The zero-order chi connectivity index (χ0) is 22.7. The molecule has 3 aromatic rings. The molecule has 2 heterocycles. The lowest BCUT2D eigenvalue weighted by atomic mass is 9.65. The summed E-state index contributed by atoms with van der Waals surface area (Å²) < 4.78 is 5.27. The van der Waals surface area contributed by atoms with E-state index in [1.54, 1.807) is 24.3 Å². The second-order valence-corrected chi connectivity index (χ2v) is 8.70. The molecule has 0 aromatic heterocycles. The summed E-state index contributed by atoms with van der Waals surface area (Å²) in [7, 11) is 1.35. The van der Waals surface area contributed by atoms with Crippen LogP contribution in [0.15, 0.2) is 84.9 Å². The molecular weight excluding hydrogens is 414 g/mol. The van der Waals surface area contributed by atoms with Gasteiger partial charge in [0.25, 0.3) is 0 Å². The van der Waals surface area contributed by atoms with E-state index >= 15 is 0 Å². The lowest BCUT2D eigenvalue weighted by Gasteiger charge is -2.36. The number of esters is 1. The molecule has 3 atom stereocenters. The minimum atomic E-state index is -1.46. The molecule has 1 aliphatic carbocycles. The Bertz CT molecular complexity index is 1310. The minimum Gasteiger partial charge on any atom is -0.467 e. The van der Waals surface area contributed by atoms with Gasteiger partial charge in [-0.25, -0.2) is 4.79 Å². The number of carbonyl (C=O) groups excluding carboxylic acids is 3. The van der Waals surface area contributed by atoms with Crippen molar-refractivity contribution in [3.8, 4) is 0 Å². The highest BCUT2D eigenvalue weighted by Gasteiger charge is 2.71. The van der Waals surface area contributed by atoms with Gasteiger partial charge < -0.3 is 9.64 Å². The second kappa shape index (κ2) is 7.01. The molecule has 3 aliphatic rings. The molecular formula is C28H21NO4. The summed E-state index contributed by atoms with van der Waals surface area (Å²) in [5.74, 6) is -1.64. The standard InChI is InChI=1S/C28H21NO4/c1-33-27(32)24-23(18-10-3-2-4-11-18)28(25(30)19-12-6-7-13-20(19)26(28)31)22-16-15-17-9-5-8-14-21(17)29(22)24/h2-16,22-24H,1H3/t22-,23-,24-/m0/s1. The maximum absolute atomic E-state index is 14.2. The molecule has 33 heavy (non-hydrogen) atoms. The zero-order valence-corrected chi connectivity index (χ0v) is 18.0. The molecule has 0 radical (unpaired) electrons. The summed E-state index contributed by atoms with van der Waals surface area (Å²) in [5.41, 5.74) is 1.88. The summed E-state index contributed by atoms with van der Waals surface area (Å²) in [5, 5.41) is 0. The number of anilines is 1. The summed E-state index contributed by atoms with van der Waals surface area (Å²) in [4.78, 5) is 43.7. The fraction of sp³-hybridized carbons (Fsp3) is 0.179. The first kappa shape index (κ1) is 19.7. The van der Waals surface area contributed by atoms with E-state index in [-0.39, 0.29) is 11.6 Å². The number of methoxy groups -OCH3 is 1. The van der Waals surface area contributed by atoms with Crippen LogP contribution in [-0.4, -0.2) is 36.7 Å². The van der Waals surface area contributed by atoms with Gasteiger partial charge in [0, 0.05) is 22.7 Å². The fourth-order valence-corrected chi connectivity index (χ4v) is 6.04. The molecule has 1 spiro atoms. The van der Waals surface area contributed by atoms with Crippen LogP contribution in [0.2, 0.25) is 0 Å². The molecule has 0 saturated carbocycles. The predicted molar refractivity (Wildman–Crippen MR) is 124 cm³/mol. The summed E-state index contributed by atoms with van der Waals surface area (Å²) in [6, 6.07) is 22.6. The predicted octanol–water partition coefficient (Wildman–Crippen LogP) is 4.29. The number of para-hydroxylation sites is 1. The average Bonchev–Trinajstić information content (AvgIpc) is 3.31. The highest BCUT2D eigenvalue weighted by molar-refractivity contribution is 6.32. The fourth-order valence-electron chi connectivity index (χ4n) is 6.04. The van der Waals surface area contributed by atoms with Gasteiger partial charge in [-0.1, -0.05) is 84.9 Å². The van der Waals surface area contributed by atoms with Gasteiger partial charge >= 0.3 is 5.97 Å². The number of carbonyl (C=O) groups is 3. The van der Waals surface area contributed by atoms with Gasteiger partial charge in [-0.2, -0.15) is 0 Å². The molecule has 1 saturated heterocycles. The molecule has 2 aliphatic heterocycles. The van der Waals surface area contributed by atoms with Gasteiger partial charge in [0.15, 0.2) is 11.6 Å². The van der Waals surface area contributed by atoms with Gasteiger partial charge in [-0.05, 0) is 17.2 Å². The Kier molecular flexibility index (Phi) is 4.18. The van der Waals surface area contributed by atoms with Crippen LogP contribution in [-0.2, 0) is 9.53 Å². The number of ether oxygens (including phenoxy) is 1. The van der Waals surface area contributed by atoms with Crippen molar-refractivity contribution in [3.63, 3.8) is 0 Å². The van der Waals surface area contributed by atoms with Crippen LogP contribution < -0.4 is 4.90 Å². The Morgan fingerprint density at radius 1 is 0.848 bits per heavy atom. The van der Waals surface area contributed by atoms with Crippen molar-refractivity contribution in [1.29, 1.82) is 0 Å². The number of ketones is 2. The summed E-state index contributed by atoms with van der Waals surface area (Å²) >= 11 is 0. The van der Waals surface area contributed by atoms with Crippen molar-refractivity contribution in [2.24, 2.45) is 5.41 Å². The van der Waals surface area contributed by atoms with Crippen LogP contribution in [0.4, 0.5) is 5.69 Å². The van der Waals surface area contributed by atoms with E-state index in [0.29, 0.717) is 11.1 Å². The van der Waals surface area contributed by atoms with Gasteiger partial charge in [-0.15, -0.1) is 0 Å². The zero-order valence-electron chi connectivity index (χ0n) is 18.0. The molecule has 5 heteroatoms. The monoisotopic (exact) mass is 435 g/mol. The molecule has 5 nitrogen and oxygen atoms in total. The molecule has 0 N–H and O–H groups in total. The SMILES string of the molecule is COC(=O)[C@@H]1[C@H](c2ccccc2)C2(C(=O)c3ccccc3C2=O)[C@@H]2C=Cc3ccccc3N12. The minimum absolute atomic E-state index is 0.234. The lowest BCUT2D eigenvalue weighted by Crippen LogP contribution is -2.48. The highest BCUT2D eigenvalue weighted by Crippen LogP contribution is 2.60. The lowest BCUT2D eigenvalue weighted by molar-refractivity contribution is -0.142. The Hall–Kier alpha value is -3.99. The molecule has 1 fully saturated rings. The molecule has 0 bridgehead atoms. The maximum Gasteiger partial charge on any atom is 0.329 e. The Balaban J connectivity index is 1.69. The van der Waals surface area contributed by atoms with E-state index < -0.39 is 29.4 Å². The normalized spacial score (nSPS) is 23.9. The number of hydrogen-bond donors (Lipinski definition) is 0. The number of benzene rings is 3. The highest BCUT2D eigenvalue weighted by atomic mass is 16.5. The quantitative estimate of drug-likeness (QED) is 0.444. The third kappa shape index (κ3) is 2.39. The second-order valence-electron chi connectivity index (χ2n) is 8.70. The Morgan fingerprint density at radius 2 is 1.45 bits per heavy atom. The van der Waals surface area contributed by atoms with E-state index in [9.17, 15) is 14.4 Å². The number of fused-ring (bicyclic) bond motifs is 5. The van der Waals surface area contributed by atoms with Gasteiger partial charge in [0.05, 0.1) is 13.2 Å². The van der Waals surface area contributed by atoms with Crippen molar-refractivity contribution in [3.05, 3.63) is 107 Å². The van der Waals surface area contributed by atoms with E-state index in [4.69, 9.17) is 4.74 Å². The van der Waals surface area contributed by atoms with Crippen molar-refractivity contribution in [2.75, 3.05) is 12.0 Å². The number of Topliss-reactive ketones (excluding diaryl/α,β-unsaturated/α-hetero) is 2. The molecule has 0 amide bonds. The maximum atomic E-state index is 14.2. The molecule has 0 unspecified atom stereocenters. The first-order valence-corrected chi connectivity index (χ1v) is 11.0. The van der Waals surface area contributed by atoms with Crippen LogP contribution in [0.1, 0.15) is 37.8 Å². The van der Waals surface area contributed by atoms with E-state index in [1.807, 2.05) is 71.6 Å². The van der Waals surface area contributed by atoms with Gasteiger partial charge in [-0.3, -0.25) is 9.59 Å². The van der Waals surface area contributed by atoms with E-state index in [2.05, 4.69) is 0 Å². The molecule has 6 rings (SSSR count). The molecule has 3 aromatic carbocycles. The molecule has 162 valence electrons. The first-order valence-electron chi connectivity index (χ1n) is 11.0. The first-order chi connectivity index (χ1) is 16.1. The van der Waals surface area contributed by atoms with Crippen LogP contribution >= 0.6 is 0 Å². The summed E-state index contributed by atoms with van der Waals surface area (Å²) in [6.07, 6.45) is 3.85. The van der Waals surface area contributed by atoms with Crippen LogP contribution in [0, 0.1) is 5.41 Å². The Labute approximate surface area is 191 Å². The van der Waals surface area contributed by atoms with E-state index in [0.717, 1.165) is 16.8 Å². The third-order valence-corrected chi connectivity index (χ3v) is 7.31. The van der Waals surface area contributed by atoms with E-state index in [1.165, 1.54) is 7.11 Å². The third-order valence-electron chi connectivity index (χ3n) is 7.31. The van der Waals surface area contributed by atoms with Gasteiger partial charge in [0.2, 0.25) is 0 Å². The van der Waals surface area contributed by atoms with Crippen molar-refractivity contribution in [1.82, 2.24) is 0 Å². The van der Waals surface area contributed by atoms with Crippen LogP contribution in [0.3, 0.4) is 0 Å². The average molecular weight is 435 g/mol. The Morgan fingerprint density at radius 3 is 2.12 bits per heavy atom. The van der Waals surface area contributed by atoms with Crippen LogP contribution in [0.5, 0.6) is 0 Å². The van der Waals surface area contributed by atoms with Gasteiger partial charge in [0.1, 0.15) is 11.5 Å². The number of nitrogens with zero attached hydrogens (tertiary/aromatic N) is 1. The number of rotatable bonds is 2. The van der Waals surface area contributed by atoms with Crippen LogP contribution in [0.25, 0.3) is 6.08 Å². The smallest absolute Gasteiger partial charge is 0.329 e. The number of hydrogen-bond acceptors (Lipinski definition) is 5. The van der Waals surface area contributed by atoms with Crippen molar-refractivity contribution < 1.29 is 19.1 Å². The van der Waals surface area contributed by atoms with Crippen molar-refractivity contribution in [2.45, 2.75) is 18.0 Å². The topological polar surface area (TPSA) is 63.7 Å². The largest absolute Gasteiger partial charge is 0.467 e. The van der Waals surface area contributed by atoms with Crippen molar-refractivity contribution >= 4 is 29.3 Å². The summed E-state index contributed by atoms with van der Waals surface area (Å²) in [6.45, 7) is 0.